The van der Waals surface area contributed by atoms with E-state index in [4.69, 9.17) is 14.2 Å². The number of nitrogens with zero attached hydrogens (tertiary/aromatic N) is 2. The van der Waals surface area contributed by atoms with Crippen molar-refractivity contribution in [1.29, 1.82) is 0 Å². The van der Waals surface area contributed by atoms with E-state index in [-0.39, 0.29) is 12.5 Å². The number of carbonyl (C=O) groups is 1. The van der Waals surface area contributed by atoms with Crippen molar-refractivity contribution < 1.29 is 19.0 Å². The fourth-order valence-corrected chi connectivity index (χ4v) is 3.79. The highest BCUT2D eigenvalue weighted by Crippen LogP contribution is 2.28. The van der Waals surface area contributed by atoms with E-state index < -0.39 is 0 Å². The van der Waals surface area contributed by atoms with E-state index in [1.54, 1.807) is 20.3 Å². The number of ether oxygens (including phenoxy) is 3. The Morgan fingerprint density at radius 2 is 2.00 bits per heavy atom. The standard InChI is InChI=1S/C19H28N2O4/c1-23-9-8-20-11-15-6-7-16(20)13-21(12-15)19(22)14-25-18-5-3-4-17(10-18)24-2/h3-5,10,15-16H,6-9,11-14H2,1-2H3/t15-,16-/m0/s1. The third kappa shape index (κ3) is 4.64. The smallest absolute Gasteiger partial charge is 0.260 e. The molecule has 1 amide bonds. The zero-order chi connectivity index (χ0) is 17.6. The lowest BCUT2D eigenvalue weighted by atomic mass is 9.95. The zero-order valence-electron chi connectivity index (χ0n) is 15.1. The van der Waals surface area contributed by atoms with Gasteiger partial charge in [-0.3, -0.25) is 9.69 Å². The predicted molar refractivity (Wildman–Crippen MR) is 95.0 cm³/mol. The number of carbonyl (C=O) groups excluding carboxylic acids is 1. The fraction of sp³-hybridized carbons (Fsp3) is 0.632. The molecular formula is C19H28N2O4. The fourth-order valence-electron chi connectivity index (χ4n) is 3.79. The van der Waals surface area contributed by atoms with Crippen LogP contribution in [0.4, 0.5) is 0 Å². The highest BCUT2D eigenvalue weighted by Gasteiger charge is 2.36. The molecule has 2 bridgehead atoms. The van der Waals surface area contributed by atoms with Crippen LogP contribution in [0, 0.1) is 5.92 Å². The van der Waals surface area contributed by atoms with Crippen molar-refractivity contribution in [1.82, 2.24) is 9.80 Å². The van der Waals surface area contributed by atoms with Gasteiger partial charge < -0.3 is 19.1 Å². The summed E-state index contributed by atoms with van der Waals surface area (Å²) in [5, 5.41) is 0. The van der Waals surface area contributed by atoms with Gasteiger partial charge in [-0.1, -0.05) is 6.07 Å². The first kappa shape index (κ1) is 18.0. The minimum Gasteiger partial charge on any atom is -0.497 e. The van der Waals surface area contributed by atoms with Crippen molar-refractivity contribution in [3.05, 3.63) is 24.3 Å². The molecule has 0 aromatic heterocycles. The number of piperidine rings is 1. The van der Waals surface area contributed by atoms with Crippen molar-refractivity contribution in [3.8, 4) is 11.5 Å². The van der Waals surface area contributed by atoms with Crippen LogP contribution in [0.1, 0.15) is 12.8 Å². The van der Waals surface area contributed by atoms with Crippen molar-refractivity contribution in [2.75, 3.05) is 53.6 Å². The molecule has 1 aromatic carbocycles. The van der Waals surface area contributed by atoms with Gasteiger partial charge in [0, 0.05) is 45.4 Å². The number of hydrogen-bond acceptors (Lipinski definition) is 5. The molecule has 3 saturated heterocycles. The number of fused-ring (bicyclic) bond motifs is 4. The summed E-state index contributed by atoms with van der Waals surface area (Å²) in [6.45, 7) is 4.45. The summed E-state index contributed by atoms with van der Waals surface area (Å²) < 4.78 is 16.1. The molecule has 0 unspecified atom stereocenters. The second-order valence-electron chi connectivity index (χ2n) is 6.85. The van der Waals surface area contributed by atoms with Crippen molar-refractivity contribution in [2.45, 2.75) is 18.9 Å². The topological polar surface area (TPSA) is 51.2 Å². The van der Waals surface area contributed by atoms with Gasteiger partial charge in [0.1, 0.15) is 11.5 Å². The number of rotatable bonds is 7. The maximum atomic E-state index is 12.6. The summed E-state index contributed by atoms with van der Waals surface area (Å²) in [7, 11) is 3.36. The first-order valence-electron chi connectivity index (χ1n) is 8.97. The zero-order valence-corrected chi connectivity index (χ0v) is 15.1. The third-order valence-corrected chi connectivity index (χ3v) is 5.17. The molecule has 0 aliphatic carbocycles. The molecule has 3 aliphatic heterocycles. The minimum atomic E-state index is 0.0633. The number of hydrogen-bond donors (Lipinski definition) is 0. The van der Waals surface area contributed by atoms with E-state index >= 15 is 0 Å². The number of amides is 1. The lowest BCUT2D eigenvalue weighted by molar-refractivity contribution is -0.133. The van der Waals surface area contributed by atoms with Crippen LogP contribution in [0.3, 0.4) is 0 Å². The highest BCUT2D eigenvalue weighted by atomic mass is 16.5. The third-order valence-electron chi connectivity index (χ3n) is 5.17. The molecule has 1 aromatic rings. The Bertz CT molecular complexity index is 580. The normalized spacial score (nSPS) is 23.4. The van der Waals surface area contributed by atoms with Gasteiger partial charge in [-0.2, -0.15) is 0 Å². The van der Waals surface area contributed by atoms with Gasteiger partial charge in [0.2, 0.25) is 0 Å². The van der Waals surface area contributed by atoms with Gasteiger partial charge >= 0.3 is 0 Å². The molecule has 0 saturated carbocycles. The molecule has 3 fully saturated rings. The van der Waals surface area contributed by atoms with Gasteiger partial charge in [0.25, 0.3) is 5.91 Å². The monoisotopic (exact) mass is 348 g/mol. The molecule has 2 atom stereocenters. The van der Waals surface area contributed by atoms with Crippen LogP contribution in [-0.2, 0) is 9.53 Å². The predicted octanol–water partition coefficient (Wildman–Crippen LogP) is 1.64. The van der Waals surface area contributed by atoms with Crippen LogP contribution in [0.5, 0.6) is 11.5 Å². The van der Waals surface area contributed by atoms with Crippen LogP contribution in [0.15, 0.2) is 24.3 Å². The van der Waals surface area contributed by atoms with E-state index in [0.717, 1.165) is 45.0 Å². The highest BCUT2D eigenvalue weighted by molar-refractivity contribution is 5.78. The summed E-state index contributed by atoms with van der Waals surface area (Å²) in [4.78, 5) is 17.1. The summed E-state index contributed by atoms with van der Waals surface area (Å²) in [5.41, 5.74) is 0. The van der Waals surface area contributed by atoms with Gasteiger partial charge in [0.15, 0.2) is 6.61 Å². The number of benzene rings is 1. The van der Waals surface area contributed by atoms with Crippen molar-refractivity contribution >= 4 is 5.91 Å². The second kappa shape index (κ2) is 8.54. The molecule has 3 heterocycles. The Labute approximate surface area is 149 Å². The first-order valence-corrected chi connectivity index (χ1v) is 8.97. The second-order valence-corrected chi connectivity index (χ2v) is 6.85. The van der Waals surface area contributed by atoms with Gasteiger partial charge in [0.05, 0.1) is 13.7 Å². The molecule has 0 radical (unpaired) electrons. The van der Waals surface area contributed by atoms with Crippen molar-refractivity contribution in [2.24, 2.45) is 5.92 Å². The molecule has 4 rings (SSSR count). The Balaban J connectivity index is 1.55. The van der Waals surface area contributed by atoms with Crippen LogP contribution in [0.2, 0.25) is 0 Å². The summed E-state index contributed by atoms with van der Waals surface area (Å²) in [6.07, 6.45) is 2.36. The van der Waals surface area contributed by atoms with E-state index in [9.17, 15) is 4.79 Å². The van der Waals surface area contributed by atoms with Crippen molar-refractivity contribution in [3.63, 3.8) is 0 Å². The summed E-state index contributed by atoms with van der Waals surface area (Å²) >= 11 is 0. The molecule has 3 aliphatic rings. The molecule has 0 spiro atoms. The quantitative estimate of drug-likeness (QED) is 0.750. The van der Waals surface area contributed by atoms with Crippen LogP contribution < -0.4 is 9.47 Å². The van der Waals surface area contributed by atoms with Gasteiger partial charge in [-0.05, 0) is 30.9 Å². The Morgan fingerprint density at radius 1 is 1.16 bits per heavy atom. The average Bonchev–Trinajstić information content (AvgIpc) is 2.96. The number of methoxy groups -OCH3 is 2. The Kier molecular flexibility index (Phi) is 6.15. The molecule has 25 heavy (non-hydrogen) atoms. The Morgan fingerprint density at radius 3 is 2.80 bits per heavy atom. The average molecular weight is 348 g/mol. The lowest BCUT2D eigenvalue weighted by Gasteiger charge is -2.35. The van der Waals surface area contributed by atoms with Crippen LogP contribution in [0.25, 0.3) is 0 Å². The molecule has 6 heteroatoms. The molecule has 138 valence electrons. The lowest BCUT2D eigenvalue weighted by Crippen LogP contribution is -2.46. The van der Waals surface area contributed by atoms with E-state index in [1.165, 1.54) is 6.42 Å². The van der Waals surface area contributed by atoms with Crippen LogP contribution >= 0.6 is 0 Å². The van der Waals surface area contributed by atoms with Gasteiger partial charge in [-0.25, -0.2) is 0 Å². The molecule has 0 N–H and O–H groups in total. The summed E-state index contributed by atoms with van der Waals surface area (Å²) in [5.74, 6) is 2.00. The van der Waals surface area contributed by atoms with Gasteiger partial charge in [-0.15, -0.1) is 0 Å². The maximum Gasteiger partial charge on any atom is 0.260 e. The largest absolute Gasteiger partial charge is 0.497 e. The molecule has 6 nitrogen and oxygen atoms in total. The van der Waals surface area contributed by atoms with E-state index in [2.05, 4.69) is 4.90 Å². The maximum absolute atomic E-state index is 12.6. The Hall–Kier alpha value is -1.79. The first-order chi connectivity index (χ1) is 12.2. The summed E-state index contributed by atoms with van der Waals surface area (Å²) in [6, 6.07) is 7.80. The minimum absolute atomic E-state index is 0.0633. The van der Waals surface area contributed by atoms with E-state index in [1.807, 2.05) is 23.1 Å². The van der Waals surface area contributed by atoms with E-state index in [0.29, 0.717) is 17.7 Å². The SMILES string of the molecule is COCCN1C[C@@H]2CC[C@H]1CN(C(=O)COc1cccc(OC)c1)C2. The van der Waals surface area contributed by atoms with Crippen LogP contribution in [-0.4, -0.2) is 75.4 Å². The molecular weight excluding hydrogens is 320 g/mol.